The minimum absolute atomic E-state index is 0.265. The standard InChI is InChI=1S/C11H9BrN2O2/c1-7-2-5-10(13-6-7)14-11(15)8-3-4-9(12)16-8/h2-6H,1H3,(H,13,14,15)/p+1. The Balaban J connectivity index is 2.10. The fourth-order valence-corrected chi connectivity index (χ4v) is 1.51. The highest BCUT2D eigenvalue weighted by Crippen LogP contribution is 2.14. The average molecular weight is 282 g/mol. The van der Waals surface area contributed by atoms with Crippen LogP contribution < -0.4 is 10.3 Å². The smallest absolute Gasteiger partial charge is 0.374 e. The maximum Gasteiger partial charge on any atom is 0.374 e. The van der Waals surface area contributed by atoms with E-state index < -0.39 is 0 Å². The van der Waals surface area contributed by atoms with Crippen LogP contribution >= 0.6 is 15.9 Å². The van der Waals surface area contributed by atoms with E-state index in [1.54, 1.807) is 18.2 Å². The van der Waals surface area contributed by atoms with Gasteiger partial charge in [-0.05, 0) is 46.6 Å². The molecule has 0 bridgehead atoms. The first-order valence-electron chi connectivity index (χ1n) is 4.70. The fraction of sp³-hybridized carbons (Fsp3) is 0.0909. The number of aromatic nitrogens is 1. The first kappa shape index (κ1) is 10.9. The lowest BCUT2D eigenvalue weighted by Gasteiger charge is -1.95. The van der Waals surface area contributed by atoms with Gasteiger partial charge in [0.2, 0.25) is 5.76 Å². The number of H-pyrrole nitrogens is 1. The van der Waals surface area contributed by atoms with Crippen LogP contribution in [0.3, 0.4) is 0 Å². The van der Waals surface area contributed by atoms with E-state index in [1.165, 1.54) is 0 Å². The quantitative estimate of drug-likeness (QED) is 0.919. The minimum atomic E-state index is -0.286. The van der Waals surface area contributed by atoms with Gasteiger partial charge < -0.3 is 4.42 Å². The molecule has 1 amide bonds. The predicted molar refractivity (Wildman–Crippen MR) is 62.1 cm³/mol. The average Bonchev–Trinajstić information content (AvgIpc) is 2.68. The molecule has 0 fully saturated rings. The number of carbonyl (C=O) groups excluding carboxylic acids is 1. The van der Waals surface area contributed by atoms with Crippen LogP contribution in [0.1, 0.15) is 16.1 Å². The highest BCUT2D eigenvalue weighted by molar-refractivity contribution is 9.10. The number of aromatic amines is 1. The summed E-state index contributed by atoms with van der Waals surface area (Å²) in [5.41, 5.74) is 1.10. The van der Waals surface area contributed by atoms with E-state index in [0.29, 0.717) is 10.5 Å². The molecule has 2 aromatic rings. The molecule has 0 aliphatic rings. The summed E-state index contributed by atoms with van der Waals surface area (Å²) in [5.74, 6) is 0.606. The largest absolute Gasteiger partial charge is 0.442 e. The Morgan fingerprint density at radius 3 is 2.75 bits per heavy atom. The number of aryl methyl sites for hydroxylation is 1. The van der Waals surface area contributed by atoms with Crippen molar-refractivity contribution in [2.75, 3.05) is 5.32 Å². The number of nitrogens with one attached hydrogen (secondary N) is 2. The zero-order valence-electron chi connectivity index (χ0n) is 8.58. The van der Waals surface area contributed by atoms with Crippen molar-refractivity contribution in [2.45, 2.75) is 6.92 Å². The Morgan fingerprint density at radius 1 is 1.38 bits per heavy atom. The zero-order valence-corrected chi connectivity index (χ0v) is 10.2. The number of hydrogen-bond acceptors (Lipinski definition) is 2. The van der Waals surface area contributed by atoms with Crippen LogP contribution in [0.2, 0.25) is 0 Å². The molecule has 2 heterocycles. The molecule has 0 saturated carbocycles. The van der Waals surface area contributed by atoms with E-state index >= 15 is 0 Å². The van der Waals surface area contributed by atoms with Gasteiger partial charge in [-0.1, -0.05) is 0 Å². The molecule has 0 aliphatic heterocycles. The second-order valence-corrected chi connectivity index (χ2v) is 4.12. The summed E-state index contributed by atoms with van der Waals surface area (Å²) in [6.45, 7) is 1.96. The Morgan fingerprint density at radius 2 is 2.19 bits per heavy atom. The minimum Gasteiger partial charge on any atom is -0.442 e. The first-order valence-corrected chi connectivity index (χ1v) is 5.49. The number of halogens is 1. The third kappa shape index (κ3) is 2.49. The molecule has 4 nitrogen and oxygen atoms in total. The van der Waals surface area contributed by atoms with Crippen LogP contribution in [-0.4, -0.2) is 5.91 Å². The number of furan rings is 1. The summed E-state index contributed by atoms with van der Waals surface area (Å²) >= 11 is 3.14. The molecule has 0 spiro atoms. The number of pyridine rings is 1. The van der Waals surface area contributed by atoms with Crippen molar-refractivity contribution in [2.24, 2.45) is 0 Å². The lowest BCUT2D eigenvalue weighted by molar-refractivity contribution is -0.361. The number of carbonyl (C=O) groups is 1. The molecule has 2 rings (SSSR count). The molecule has 0 radical (unpaired) electrons. The monoisotopic (exact) mass is 281 g/mol. The van der Waals surface area contributed by atoms with Crippen molar-refractivity contribution in [1.29, 1.82) is 0 Å². The summed E-state index contributed by atoms with van der Waals surface area (Å²) in [6.07, 6.45) is 1.81. The van der Waals surface area contributed by atoms with Crippen molar-refractivity contribution in [3.63, 3.8) is 0 Å². The fourth-order valence-electron chi connectivity index (χ4n) is 1.20. The second-order valence-electron chi connectivity index (χ2n) is 3.34. The second kappa shape index (κ2) is 4.49. The topological polar surface area (TPSA) is 56.4 Å². The maximum absolute atomic E-state index is 11.7. The van der Waals surface area contributed by atoms with Crippen molar-refractivity contribution >= 4 is 27.7 Å². The van der Waals surface area contributed by atoms with Crippen LogP contribution in [0.15, 0.2) is 39.5 Å². The maximum atomic E-state index is 11.7. The zero-order chi connectivity index (χ0) is 11.5. The summed E-state index contributed by atoms with van der Waals surface area (Å²) in [4.78, 5) is 14.6. The summed E-state index contributed by atoms with van der Waals surface area (Å²) < 4.78 is 5.66. The van der Waals surface area contributed by atoms with Crippen molar-refractivity contribution < 1.29 is 14.2 Å². The number of hydrogen-bond donors (Lipinski definition) is 1. The van der Waals surface area contributed by atoms with Gasteiger partial charge in [-0.2, -0.15) is 0 Å². The Hall–Kier alpha value is -1.62. The predicted octanol–water partition coefficient (Wildman–Crippen LogP) is 2.42. The van der Waals surface area contributed by atoms with Gasteiger partial charge >= 0.3 is 5.91 Å². The van der Waals surface area contributed by atoms with Crippen molar-refractivity contribution in [1.82, 2.24) is 0 Å². The molecule has 0 atom stereocenters. The Labute approximate surface area is 101 Å². The van der Waals surface area contributed by atoms with Gasteiger partial charge in [0.1, 0.15) is 0 Å². The van der Waals surface area contributed by atoms with E-state index in [1.807, 2.05) is 19.2 Å². The van der Waals surface area contributed by atoms with Crippen molar-refractivity contribution in [3.8, 4) is 0 Å². The summed E-state index contributed by atoms with van der Waals surface area (Å²) in [7, 11) is 0. The van der Waals surface area contributed by atoms with Crippen molar-refractivity contribution in [3.05, 3.63) is 46.5 Å². The molecular weight excluding hydrogens is 272 g/mol. The van der Waals surface area contributed by atoms with E-state index in [9.17, 15) is 4.79 Å². The molecule has 0 saturated heterocycles. The van der Waals surface area contributed by atoms with Crippen LogP contribution in [-0.2, 0) is 0 Å². The first-order chi connectivity index (χ1) is 7.65. The van der Waals surface area contributed by atoms with E-state index in [0.717, 1.165) is 5.56 Å². The van der Waals surface area contributed by atoms with E-state index in [2.05, 4.69) is 26.2 Å². The van der Waals surface area contributed by atoms with Gasteiger partial charge in [-0.25, -0.2) is 15.1 Å². The molecule has 0 unspecified atom stereocenters. The highest BCUT2D eigenvalue weighted by Gasteiger charge is 2.16. The van der Waals surface area contributed by atoms with Gasteiger partial charge in [0.05, 0.1) is 6.20 Å². The number of anilines is 1. The summed E-state index contributed by atoms with van der Waals surface area (Å²) in [6, 6.07) is 6.98. The Kier molecular flexibility index (Phi) is 3.05. The number of rotatable bonds is 2. The SMILES string of the molecule is Cc1ccc(NC(=O)c2ccc(Br)o2)[nH+]c1. The summed E-state index contributed by atoms with van der Waals surface area (Å²) in [5, 5.41) is 2.69. The molecule has 82 valence electrons. The molecule has 16 heavy (non-hydrogen) atoms. The van der Waals surface area contributed by atoms with Gasteiger partial charge in [0.15, 0.2) is 4.67 Å². The van der Waals surface area contributed by atoms with Crippen LogP contribution in [0.25, 0.3) is 0 Å². The van der Waals surface area contributed by atoms with E-state index in [-0.39, 0.29) is 11.7 Å². The lowest BCUT2D eigenvalue weighted by atomic mass is 10.3. The molecule has 5 heteroatoms. The van der Waals surface area contributed by atoms with Gasteiger partial charge in [0, 0.05) is 6.07 Å². The van der Waals surface area contributed by atoms with Gasteiger partial charge in [0.25, 0.3) is 5.82 Å². The van der Waals surface area contributed by atoms with Crippen LogP contribution in [0.5, 0.6) is 0 Å². The molecular formula is C11H10BrN2O2+. The normalized spacial score (nSPS) is 10.1. The lowest BCUT2D eigenvalue weighted by Crippen LogP contribution is -2.18. The van der Waals surface area contributed by atoms with Gasteiger partial charge in [-0.3, -0.25) is 0 Å². The molecule has 0 aromatic carbocycles. The third-order valence-corrected chi connectivity index (χ3v) is 2.44. The molecule has 2 aromatic heterocycles. The molecule has 2 N–H and O–H groups in total. The highest BCUT2D eigenvalue weighted by atomic mass is 79.9. The third-order valence-electron chi connectivity index (χ3n) is 2.01. The van der Waals surface area contributed by atoms with Crippen LogP contribution in [0, 0.1) is 6.92 Å². The number of amides is 1. The van der Waals surface area contributed by atoms with E-state index in [4.69, 9.17) is 4.42 Å². The Bertz CT molecular complexity index is 505. The van der Waals surface area contributed by atoms with Gasteiger partial charge in [-0.15, -0.1) is 0 Å². The van der Waals surface area contributed by atoms with Crippen LogP contribution in [0.4, 0.5) is 5.82 Å². The molecule has 0 aliphatic carbocycles.